The van der Waals surface area contributed by atoms with Gasteiger partial charge in [0.2, 0.25) is 35.4 Å². The highest BCUT2D eigenvalue weighted by molar-refractivity contribution is 7.09. The summed E-state index contributed by atoms with van der Waals surface area (Å²) in [7, 11) is 0. The van der Waals surface area contributed by atoms with Crippen molar-refractivity contribution in [1.82, 2.24) is 46.7 Å². The summed E-state index contributed by atoms with van der Waals surface area (Å²) in [6.45, 7) is 33.7. The van der Waals surface area contributed by atoms with E-state index in [2.05, 4.69) is 68.7 Å². The summed E-state index contributed by atoms with van der Waals surface area (Å²) >= 11 is 1.11. The molecule has 0 aliphatic carbocycles. The number of ether oxygens (including phenoxy) is 3. The van der Waals surface area contributed by atoms with Crippen molar-refractivity contribution < 1.29 is 76.4 Å². The number of nitrogens with two attached hydrogens (primary N) is 2. The molecule has 123 heavy (non-hydrogen) atoms. The minimum absolute atomic E-state index is 0.00118. The van der Waals surface area contributed by atoms with Crippen LogP contribution in [0, 0.1) is 33.9 Å². The van der Waals surface area contributed by atoms with Gasteiger partial charge in [0.15, 0.2) is 6.10 Å². The highest BCUT2D eigenvalue weighted by Crippen LogP contribution is 2.35. The predicted octanol–water partition coefficient (Wildman–Crippen LogP) is 13.9. The van der Waals surface area contributed by atoms with E-state index in [4.69, 9.17) is 25.7 Å². The van der Waals surface area contributed by atoms with E-state index in [9.17, 15) is 57.4 Å². The third-order valence-electron chi connectivity index (χ3n) is 22.3. The van der Waals surface area contributed by atoms with Gasteiger partial charge in [-0.2, -0.15) is 0 Å². The topological polar surface area (TPSA) is 395 Å². The quantitative estimate of drug-likeness (QED) is 0.00982. The van der Waals surface area contributed by atoms with E-state index in [0.717, 1.165) is 53.7 Å². The first-order valence-electron chi connectivity index (χ1n) is 43.3. The second-order valence-corrected chi connectivity index (χ2v) is 36.5. The lowest BCUT2D eigenvalue weighted by Crippen LogP contribution is -2.57. The molecule has 10 amide bonds. The maximum absolute atomic E-state index is 15.4. The maximum atomic E-state index is 15.4. The van der Waals surface area contributed by atoms with Gasteiger partial charge in [0.25, 0.3) is 5.91 Å². The fourth-order valence-corrected chi connectivity index (χ4v) is 16.0. The standard InChI is InChI=1S/C93H136FN13O15S/c1-17-21-22-27-46-105(76(60(5)6)50-77(122-62(9)108)85-103-74(55-123-85)83(113)101-69(51-92(14,15)87(116)117)48-64-38-41-71(95)70(94)49-64)86(115)73(30-18-2)98-57-93(16)44-29-47-107(93)89(119)121-54-63-36-39-68(40-37-63)100-82(112)72(34-28-45-97-88(96)118)102-84(114)81(61(7)8)104-79(110)52-90(10,11)58-120-59-91(12,13)56-99-78(109)42-43-80(111)106(75-35-26-25-32-66(75)20-4)53-67-33-24-23-31-65(67)19-3/h20,23-26,31-33,35-41,49,55,60-61,69,72-73,76-77,81,98H,4,17-19,21-22,27-30,34,42-48,50-54,56-59,95H2,1-3,5-16H3,(H,99,109)(H,100,112)(H,101,113)(H,102,114)(H,104,110)(H,116,117)(H3,96,97,118)/t69-,72-,73-,76+,77+,81-,93+/m0/s1. The SMILES string of the molecule is C=Cc1ccccc1N(Cc1ccccc1CC)C(=O)CCC(=O)NCC(C)(C)COCC(C)(C)CC(=O)N[C@H](C(=O)N[C@@H](CCCNC(N)=O)C(=O)Nc1ccc(COC(=O)N2CCC[C@]2(C)CN[C@@H](CCC)C(=O)N(CCCCCC)[C@H](C[C@@H](OC(C)=O)c2nc(C(=O)N[C@@H](Cc3ccc(N)c(F)c3)CC(C)(C)C(=O)O)cs2)C(C)C)cc1)C(C)C. The lowest BCUT2D eigenvalue weighted by molar-refractivity contribution is -0.149. The lowest BCUT2D eigenvalue weighted by Gasteiger charge is -2.40. The number of anilines is 3. The van der Waals surface area contributed by atoms with Crippen molar-refractivity contribution in [2.75, 3.05) is 61.9 Å². The van der Waals surface area contributed by atoms with E-state index in [1.165, 1.54) is 38.3 Å². The largest absolute Gasteiger partial charge is 0.481 e. The molecule has 12 N–H and O–H groups in total. The van der Waals surface area contributed by atoms with Crippen LogP contribution in [-0.4, -0.2) is 167 Å². The summed E-state index contributed by atoms with van der Waals surface area (Å²) in [6, 6.07) is 21.6. The number of urea groups is 1. The van der Waals surface area contributed by atoms with Gasteiger partial charge in [-0.3, -0.25) is 43.2 Å². The molecule has 1 aromatic heterocycles. The van der Waals surface area contributed by atoms with Crippen molar-refractivity contribution in [3.8, 4) is 0 Å². The number of unbranched alkanes of at least 4 members (excludes halogenated alkanes) is 3. The molecule has 0 radical (unpaired) electrons. The number of carboxylic acid groups (broad SMARTS) is 1. The molecule has 1 aliphatic heterocycles. The first-order chi connectivity index (χ1) is 58.1. The number of para-hydroxylation sites is 1. The summed E-state index contributed by atoms with van der Waals surface area (Å²) in [5.41, 5.74) is 12.9. The Hall–Kier alpha value is -10.3. The van der Waals surface area contributed by atoms with Crippen LogP contribution < -0.4 is 53.6 Å². The van der Waals surface area contributed by atoms with Crippen molar-refractivity contribution >= 4 is 99.9 Å². The van der Waals surface area contributed by atoms with Crippen LogP contribution in [0.3, 0.4) is 0 Å². The molecular weight excluding hydrogens is 1590 g/mol. The van der Waals surface area contributed by atoms with Gasteiger partial charge in [-0.15, -0.1) is 11.3 Å². The number of nitrogens with one attached hydrogen (secondary N) is 7. The summed E-state index contributed by atoms with van der Waals surface area (Å²) in [4.78, 5) is 160. The Morgan fingerprint density at radius 3 is 2.10 bits per heavy atom. The summed E-state index contributed by atoms with van der Waals surface area (Å²) < 4.78 is 32.8. The molecule has 28 nitrogen and oxygen atoms in total. The third-order valence-corrected chi connectivity index (χ3v) is 23.2. The molecule has 1 fully saturated rings. The Labute approximate surface area is 730 Å². The molecule has 1 saturated heterocycles. The fraction of sp³-hybridized carbons (Fsp3) is 0.570. The number of thiazole rings is 1. The van der Waals surface area contributed by atoms with Crippen LogP contribution in [0.2, 0.25) is 0 Å². The number of aliphatic carboxylic acids is 1. The number of esters is 1. The second kappa shape index (κ2) is 48.7. The fourth-order valence-electron chi connectivity index (χ4n) is 15.2. The molecule has 0 saturated carbocycles. The number of benzene rings is 4. The molecule has 4 aromatic carbocycles. The van der Waals surface area contributed by atoms with Crippen LogP contribution >= 0.6 is 11.3 Å². The molecule has 7 atom stereocenters. The van der Waals surface area contributed by atoms with Crippen molar-refractivity contribution in [3.05, 3.63) is 147 Å². The molecular formula is C93H136FN13O15S. The first-order valence-corrected chi connectivity index (χ1v) is 44.2. The average Bonchev–Trinajstić information content (AvgIpc) is 1.77. The predicted molar refractivity (Wildman–Crippen MR) is 478 cm³/mol. The number of primary amides is 1. The summed E-state index contributed by atoms with van der Waals surface area (Å²) in [6.07, 6.45) is 7.37. The monoisotopic (exact) mass is 1730 g/mol. The highest BCUT2D eigenvalue weighted by atomic mass is 32.1. The number of nitrogens with zero attached hydrogens (tertiary/aromatic N) is 4. The smallest absolute Gasteiger partial charge is 0.410 e. The van der Waals surface area contributed by atoms with Gasteiger partial charge in [0.05, 0.1) is 48.1 Å². The van der Waals surface area contributed by atoms with E-state index in [1.54, 1.807) is 60.1 Å². The number of aryl methyl sites for hydroxylation is 1. The zero-order valence-electron chi connectivity index (χ0n) is 74.9. The third kappa shape index (κ3) is 32.7. The Morgan fingerprint density at radius 1 is 0.772 bits per heavy atom. The van der Waals surface area contributed by atoms with Gasteiger partial charge in [-0.1, -0.05) is 175 Å². The lowest BCUT2D eigenvalue weighted by atomic mass is 9.84. The zero-order valence-corrected chi connectivity index (χ0v) is 75.7. The summed E-state index contributed by atoms with van der Waals surface area (Å²) in [5.74, 6) is -5.74. The number of hydrogen-bond acceptors (Lipinski definition) is 18. The minimum Gasteiger partial charge on any atom is -0.481 e. The van der Waals surface area contributed by atoms with Gasteiger partial charge in [0, 0.05) is 93.9 Å². The number of amides is 10. The van der Waals surface area contributed by atoms with Crippen molar-refractivity contribution in [2.45, 2.75) is 268 Å². The van der Waals surface area contributed by atoms with Crippen LogP contribution in [0.5, 0.6) is 0 Å². The van der Waals surface area contributed by atoms with Crippen LogP contribution in [0.25, 0.3) is 6.08 Å². The molecule has 2 heterocycles. The molecule has 5 aromatic rings. The number of rotatable bonds is 52. The Morgan fingerprint density at radius 2 is 1.46 bits per heavy atom. The second-order valence-electron chi connectivity index (χ2n) is 35.6. The van der Waals surface area contributed by atoms with E-state index >= 15 is 4.79 Å². The van der Waals surface area contributed by atoms with Crippen LogP contribution in [0.4, 0.5) is 31.0 Å². The van der Waals surface area contributed by atoms with Crippen LogP contribution in [0.1, 0.15) is 250 Å². The number of hydrogen-bond donors (Lipinski definition) is 10. The van der Waals surface area contributed by atoms with Crippen molar-refractivity contribution in [1.29, 1.82) is 0 Å². The number of aromatic nitrogens is 1. The number of nitrogen functional groups attached to an aromatic ring is 1. The van der Waals surface area contributed by atoms with E-state index in [1.807, 2.05) is 103 Å². The van der Waals surface area contributed by atoms with E-state index in [-0.39, 0.29) is 126 Å². The van der Waals surface area contributed by atoms with Crippen molar-refractivity contribution in [2.24, 2.45) is 33.8 Å². The number of carbonyl (C=O) groups excluding carboxylic acids is 10. The van der Waals surface area contributed by atoms with Gasteiger partial charge in [-0.05, 0) is 154 Å². The van der Waals surface area contributed by atoms with Crippen LogP contribution in [0.15, 0.2) is 103 Å². The molecule has 676 valence electrons. The van der Waals surface area contributed by atoms with Crippen LogP contribution in [-0.2, 0) is 78.6 Å². The highest BCUT2D eigenvalue weighted by Gasteiger charge is 2.43. The number of halogens is 1. The zero-order chi connectivity index (χ0) is 90.9. The number of likely N-dealkylation sites (tertiary alicyclic amines) is 1. The first kappa shape index (κ1) is 101. The van der Waals surface area contributed by atoms with Gasteiger partial charge < -0.3 is 82.7 Å². The minimum atomic E-state index is -1.27. The normalized spacial score (nSPS) is 15.0. The number of carboxylic acids is 1. The van der Waals surface area contributed by atoms with Gasteiger partial charge in [0.1, 0.15) is 35.2 Å². The van der Waals surface area contributed by atoms with E-state index < -0.39 is 118 Å². The average molecular weight is 1730 g/mol. The van der Waals surface area contributed by atoms with Gasteiger partial charge in [-0.25, -0.2) is 19.0 Å². The maximum Gasteiger partial charge on any atom is 0.410 e. The molecule has 0 bridgehead atoms. The Bertz CT molecular complexity index is 4360. The molecule has 0 spiro atoms. The molecule has 1 aliphatic rings. The Kier molecular flexibility index (Phi) is 40.1. The number of carbonyl (C=O) groups is 11. The van der Waals surface area contributed by atoms with E-state index in [0.29, 0.717) is 79.2 Å². The molecule has 0 unspecified atom stereocenters. The van der Waals surface area contributed by atoms with Crippen molar-refractivity contribution in [3.63, 3.8) is 0 Å². The molecule has 30 heteroatoms. The van der Waals surface area contributed by atoms with Gasteiger partial charge >= 0.3 is 24.1 Å². The molecule has 6 rings (SSSR count). The Balaban J connectivity index is 1.03. The summed E-state index contributed by atoms with van der Waals surface area (Å²) in [5, 5.41) is 32.5.